The molecule has 8 heteroatoms. The summed E-state index contributed by atoms with van der Waals surface area (Å²) in [5.41, 5.74) is 2.14. The van der Waals surface area contributed by atoms with Crippen molar-refractivity contribution >= 4 is 28.8 Å². The van der Waals surface area contributed by atoms with Crippen LogP contribution in [0.25, 0.3) is 0 Å². The fourth-order valence-electron chi connectivity index (χ4n) is 3.10. The number of anilines is 4. The smallest absolute Gasteiger partial charge is 0.274 e. The first-order valence-electron chi connectivity index (χ1n) is 9.27. The minimum Gasteiger partial charge on any atom is -0.378 e. The molecule has 1 aliphatic heterocycles. The summed E-state index contributed by atoms with van der Waals surface area (Å²) in [4.78, 5) is 22.9. The fraction of sp³-hybridized carbons (Fsp3) is 0.190. The van der Waals surface area contributed by atoms with Crippen LogP contribution in [-0.2, 0) is 4.74 Å². The molecule has 4 rings (SSSR count). The molecule has 1 saturated heterocycles. The number of morpholine rings is 1. The van der Waals surface area contributed by atoms with Gasteiger partial charge in [-0.15, -0.1) is 0 Å². The molecule has 0 radical (unpaired) electrons. The lowest BCUT2D eigenvalue weighted by Crippen LogP contribution is -2.36. The quantitative estimate of drug-likeness (QED) is 0.691. The van der Waals surface area contributed by atoms with Crippen LogP contribution in [0.5, 0.6) is 0 Å². The van der Waals surface area contributed by atoms with Gasteiger partial charge in [0.2, 0.25) is 0 Å². The van der Waals surface area contributed by atoms with Crippen LogP contribution in [0, 0.1) is 5.82 Å². The first kappa shape index (κ1) is 18.8. The number of halogens is 1. The van der Waals surface area contributed by atoms with E-state index in [-0.39, 0.29) is 11.4 Å². The van der Waals surface area contributed by atoms with Crippen molar-refractivity contribution in [3.63, 3.8) is 0 Å². The van der Waals surface area contributed by atoms with Crippen molar-refractivity contribution in [1.29, 1.82) is 0 Å². The van der Waals surface area contributed by atoms with Crippen LogP contribution in [0.1, 0.15) is 10.5 Å². The molecule has 0 unspecified atom stereocenters. The number of carbonyl (C=O) groups is 1. The first-order chi connectivity index (χ1) is 14.2. The highest BCUT2D eigenvalue weighted by molar-refractivity contribution is 6.03. The van der Waals surface area contributed by atoms with Gasteiger partial charge in [0.15, 0.2) is 0 Å². The number of hydrogen-bond acceptors (Lipinski definition) is 6. The molecule has 148 valence electrons. The van der Waals surface area contributed by atoms with Crippen LogP contribution in [0.15, 0.2) is 60.9 Å². The molecule has 0 atom stereocenters. The summed E-state index contributed by atoms with van der Waals surface area (Å²) in [7, 11) is 0. The molecule has 1 aliphatic rings. The van der Waals surface area contributed by atoms with Gasteiger partial charge in [-0.1, -0.05) is 24.3 Å². The highest BCUT2D eigenvalue weighted by atomic mass is 19.1. The largest absolute Gasteiger partial charge is 0.378 e. The molecule has 1 amide bonds. The molecule has 3 aromatic rings. The molecule has 1 aromatic heterocycles. The predicted octanol–water partition coefficient (Wildman–Crippen LogP) is 3.45. The molecule has 0 bridgehead atoms. The van der Waals surface area contributed by atoms with Crippen molar-refractivity contribution in [2.75, 3.05) is 41.8 Å². The van der Waals surface area contributed by atoms with Crippen LogP contribution < -0.4 is 15.5 Å². The zero-order chi connectivity index (χ0) is 20.1. The van der Waals surface area contributed by atoms with E-state index < -0.39 is 11.7 Å². The first-order valence-corrected chi connectivity index (χ1v) is 9.27. The van der Waals surface area contributed by atoms with E-state index in [2.05, 4.69) is 25.5 Å². The number of aromatic nitrogens is 2. The van der Waals surface area contributed by atoms with E-state index >= 15 is 0 Å². The Hall–Kier alpha value is -3.52. The van der Waals surface area contributed by atoms with Gasteiger partial charge in [-0.3, -0.25) is 4.79 Å². The molecule has 29 heavy (non-hydrogen) atoms. The molecular weight excluding hydrogens is 373 g/mol. The lowest BCUT2D eigenvalue weighted by molar-refractivity contribution is 0.102. The second-order valence-corrected chi connectivity index (χ2v) is 6.46. The highest BCUT2D eigenvalue weighted by Crippen LogP contribution is 2.28. The minimum absolute atomic E-state index is 0.100. The van der Waals surface area contributed by atoms with Gasteiger partial charge in [0.05, 0.1) is 30.3 Å². The third kappa shape index (κ3) is 4.49. The van der Waals surface area contributed by atoms with E-state index in [1.54, 1.807) is 12.1 Å². The summed E-state index contributed by atoms with van der Waals surface area (Å²) < 4.78 is 19.2. The minimum atomic E-state index is -0.512. The van der Waals surface area contributed by atoms with E-state index in [1.807, 2.05) is 24.3 Å². The Labute approximate surface area is 167 Å². The Bertz CT molecular complexity index is 1010. The molecule has 2 aromatic carbocycles. The third-order valence-corrected chi connectivity index (χ3v) is 4.54. The fourth-order valence-corrected chi connectivity index (χ4v) is 3.10. The van der Waals surface area contributed by atoms with Crippen molar-refractivity contribution in [3.05, 3.63) is 72.4 Å². The van der Waals surface area contributed by atoms with E-state index in [9.17, 15) is 9.18 Å². The topological polar surface area (TPSA) is 79.4 Å². The van der Waals surface area contributed by atoms with E-state index in [0.717, 1.165) is 24.5 Å². The number of amides is 1. The number of rotatable bonds is 5. The summed E-state index contributed by atoms with van der Waals surface area (Å²) in [6.07, 6.45) is 1.30. The third-order valence-electron chi connectivity index (χ3n) is 4.54. The lowest BCUT2D eigenvalue weighted by atomic mass is 10.2. The number of nitrogens with one attached hydrogen (secondary N) is 2. The van der Waals surface area contributed by atoms with Gasteiger partial charge in [-0.05, 0) is 24.3 Å². The Morgan fingerprint density at radius 2 is 1.72 bits per heavy atom. The van der Waals surface area contributed by atoms with Gasteiger partial charge in [0.25, 0.3) is 5.91 Å². The Kier molecular flexibility index (Phi) is 5.62. The highest BCUT2D eigenvalue weighted by Gasteiger charge is 2.16. The van der Waals surface area contributed by atoms with E-state index in [4.69, 9.17) is 4.74 Å². The summed E-state index contributed by atoms with van der Waals surface area (Å²) in [6, 6.07) is 15.4. The van der Waals surface area contributed by atoms with Crippen molar-refractivity contribution in [2.45, 2.75) is 0 Å². The van der Waals surface area contributed by atoms with Crippen molar-refractivity contribution in [1.82, 2.24) is 9.97 Å². The summed E-state index contributed by atoms with van der Waals surface area (Å²) >= 11 is 0. The Balaban J connectivity index is 1.53. The summed E-state index contributed by atoms with van der Waals surface area (Å²) in [5.74, 6) is -0.547. The molecule has 0 aliphatic carbocycles. The van der Waals surface area contributed by atoms with Gasteiger partial charge in [0, 0.05) is 19.2 Å². The predicted molar refractivity (Wildman–Crippen MR) is 109 cm³/mol. The normalized spacial score (nSPS) is 13.8. The van der Waals surface area contributed by atoms with Gasteiger partial charge in [-0.2, -0.15) is 0 Å². The average molecular weight is 393 g/mol. The Morgan fingerprint density at radius 1 is 1.00 bits per heavy atom. The average Bonchev–Trinajstić information content (AvgIpc) is 2.76. The summed E-state index contributed by atoms with van der Waals surface area (Å²) in [5, 5.41) is 5.78. The zero-order valence-corrected chi connectivity index (χ0v) is 15.6. The van der Waals surface area contributed by atoms with Crippen LogP contribution in [0.2, 0.25) is 0 Å². The lowest BCUT2D eigenvalue weighted by Gasteiger charge is -2.30. The Morgan fingerprint density at radius 3 is 2.52 bits per heavy atom. The standard InChI is InChI=1S/C21H20FN5O2/c22-15-5-1-2-6-16(15)26-21(28)18-13-20(24-14-23-18)25-17-7-3-4-8-19(17)27-9-11-29-12-10-27/h1-8,13-14H,9-12H2,(H,26,28)(H,23,24,25). The van der Waals surface area contributed by atoms with E-state index in [1.165, 1.54) is 24.5 Å². The van der Waals surface area contributed by atoms with Gasteiger partial charge < -0.3 is 20.3 Å². The SMILES string of the molecule is O=C(Nc1ccccc1F)c1cc(Nc2ccccc2N2CCOCC2)ncn1. The second-order valence-electron chi connectivity index (χ2n) is 6.46. The molecule has 2 N–H and O–H groups in total. The monoisotopic (exact) mass is 393 g/mol. The number of benzene rings is 2. The second kappa shape index (κ2) is 8.66. The number of carbonyl (C=O) groups excluding carboxylic acids is 1. The molecule has 1 fully saturated rings. The molecule has 7 nitrogen and oxygen atoms in total. The molecular formula is C21H20FN5O2. The number of para-hydroxylation sites is 3. The van der Waals surface area contributed by atoms with Crippen LogP contribution in [0.3, 0.4) is 0 Å². The van der Waals surface area contributed by atoms with Gasteiger partial charge in [0.1, 0.15) is 23.7 Å². The maximum Gasteiger partial charge on any atom is 0.274 e. The summed E-state index contributed by atoms with van der Waals surface area (Å²) in [6.45, 7) is 2.97. The maximum absolute atomic E-state index is 13.8. The van der Waals surface area contributed by atoms with Crippen LogP contribution >= 0.6 is 0 Å². The maximum atomic E-state index is 13.8. The van der Waals surface area contributed by atoms with Gasteiger partial charge in [-0.25, -0.2) is 14.4 Å². The number of nitrogens with zero attached hydrogens (tertiary/aromatic N) is 3. The van der Waals surface area contributed by atoms with Crippen LogP contribution in [-0.4, -0.2) is 42.2 Å². The zero-order valence-electron chi connectivity index (χ0n) is 15.6. The van der Waals surface area contributed by atoms with E-state index in [0.29, 0.717) is 19.0 Å². The van der Waals surface area contributed by atoms with Crippen molar-refractivity contribution < 1.29 is 13.9 Å². The number of ether oxygens (including phenoxy) is 1. The van der Waals surface area contributed by atoms with Gasteiger partial charge >= 0.3 is 0 Å². The molecule has 0 spiro atoms. The van der Waals surface area contributed by atoms with Crippen LogP contribution in [0.4, 0.5) is 27.3 Å². The van der Waals surface area contributed by atoms with Crippen molar-refractivity contribution in [3.8, 4) is 0 Å². The molecule has 0 saturated carbocycles. The van der Waals surface area contributed by atoms with Crippen molar-refractivity contribution in [2.24, 2.45) is 0 Å². The number of hydrogen-bond donors (Lipinski definition) is 2. The molecule has 2 heterocycles.